The normalized spacial score (nSPS) is 23.6. The minimum Gasteiger partial charge on any atom is -0.391 e. The van der Waals surface area contributed by atoms with Crippen LogP contribution in [0, 0.1) is 11.3 Å². The second-order valence-corrected chi connectivity index (χ2v) is 6.36. The first-order chi connectivity index (χ1) is 7.28. The lowest BCUT2D eigenvalue weighted by molar-refractivity contribution is -0.131. The molecule has 0 saturated carbocycles. The average molecular weight is 227 g/mol. The van der Waals surface area contributed by atoms with Crippen molar-refractivity contribution in [3.63, 3.8) is 0 Å². The molecular formula is C13H25NO2. The third kappa shape index (κ3) is 4.52. The first-order valence-corrected chi connectivity index (χ1v) is 6.24. The Kier molecular flexibility index (Phi) is 4.36. The molecule has 1 amide bonds. The van der Waals surface area contributed by atoms with E-state index in [2.05, 4.69) is 27.7 Å². The van der Waals surface area contributed by atoms with Gasteiger partial charge in [-0.2, -0.15) is 0 Å². The largest absolute Gasteiger partial charge is 0.391 e. The zero-order valence-corrected chi connectivity index (χ0v) is 11.0. The van der Waals surface area contributed by atoms with Gasteiger partial charge in [0.1, 0.15) is 0 Å². The zero-order chi connectivity index (χ0) is 12.3. The summed E-state index contributed by atoms with van der Waals surface area (Å²) in [5.74, 6) is 0.624. The molecule has 3 heteroatoms. The SMILES string of the molecule is CC(CC(=O)N1CCC(O)C1)CC(C)(C)C. The van der Waals surface area contributed by atoms with Gasteiger partial charge in [-0.15, -0.1) is 0 Å². The van der Waals surface area contributed by atoms with E-state index in [0.29, 0.717) is 18.9 Å². The Morgan fingerprint density at radius 2 is 2.12 bits per heavy atom. The summed E-state index contributed by atoms with van der Waals surface area (Å²) >= 11 is 0. The van der Waals surface area contributed by atoms with Crippen LogP contribution in [0.15, 0.2) is 0 Å². The Morgan fingerprint density at radius 1 is 1.50 bits per heavy atom. The van der Waals surface area contributed by atoms with E-state index in [1.807, 2.05) is 0 Å². The fourth-order valence-corrected chi connectivity index (χ4v) is 2.51. The summed E-state index contributed by atoms with van der Waals surface area (Å²) in [6.45, 7) is 9.99. The van der Waals surface area contributed by atoms with Crippen LogP contribution in [-0.4, -0.2) is 35.1 Å². The van der Waals surface area contributed by atoms with Gasteiger partial charge in [-0.05, 0) is 24.2 Å². The van der Waals surface area contributed by atoms with Crippen LogP contribution < -0.4 is 0 Å². The van der Waals surface area contributed by atoms with Crippen LogP contribution in [0.5, 0.6) is 0 Å². The van der Waals surface area contributed by atoms with Crippen LogP contribution in [0.1, 0.15) is 47.0 Å². The number of carbonyl (C=O) groups is 1. The molecular weight excluding hydrogens is 202 g/mol. The van der Waals surface area contributed by atoms with Gasteiger partial charge < -0.3 is 10.0 Å². The molecule has 1 saturated heterocycles. The van der Waals surface area contributed by atoms with Crippen molar-refractivity contribution in [1.82, 2.24) is 4.90 Å². The maximum atomic E-state index is 11.9. The molecule has 0 aromatic heterocycles. The summed E-state index contributed by atoms with van der Waals surface area (Å²) < 4.78 is 0. The van der Waals surface area contributed by atoms with E-state index >= 15 is 0 Å². The molecule has 0 aromatic rings. The molecule has 1 aliphatic heterocycles. The van der Waals surface area contributed by atoms with E-state index in [1.165, 1.54) is 0 Å². The number of likely N-dealkylation sites (tertiary alicyclic amines) is 1. The Labute approximate surface area is 98.8 Å². The summed E-state index contributed by atoms with van der Waals surface area (Å²) in [5.41, 5.74) is 0.282. The van der Waals surface area contributed by atoms with E-state index < -0.39 is 0 Å². The minimum absolute atomic E-state index is 0.202. The predicted molar refractivity (Wildman–Crippen MR) is 65.1 cm³/mol. The van der Waals surface area contributed by atoms with E-state index in [1.54, 1.807) is 4.90 Å². The lowest BCUT2D eigenvalue weighted by Crippen LogP contribution is -2.31. The van der Waals surface area contributed by atoms with Crippen LogP contribution in [0.2, 0.25) is 0 Å². The average Bonchev–Trinajstić information content (AvgIpc) is 2.47. The van der Waals surface area contributed by atoms with Gasteiger partial charge in [0.05, 0.1) is 6.10 Å². The molecule has 1 rings (SSSR count). The van der Waals surface area contributed by atoms with Crippen LogP contribution in [0.25, 0.3) is 0 Å². The highest BCUT2D eigenvalue weighted by Crippen LogP contribution is 2.26. The molecule has 0 aromatic carbocycles. The van der Waals surface area contributed by atoms with Crippen molar-refractivity contribution < 1.29 is 9.90 Å². The third-order valence-corrected chi connectivity index (χ3v) is 3.00. The molecule has 3 nitrogen and oxygen atoms in total. The monoisotopic (exact) mass is 227 g/mol. The van der Waals surface area contributed by atoms with Gasteiger partial charge in [0, 0.05) is 19.5 Å². The Balaban J connectivity index is 2.34. The molecule has 0 radical (unpaired) electrons. The summed E-state index contributed by atoms with van der Waals surface area (Å²) in [5, 5.41) is 9.38. The number of aliphatic hydroxyl groups excluding tert-OH is 1. The van der Waals surface area contributed by atoms with Crippen LogP contribution in [0.4, 0.5) is 0 Å². The van der Waals surface area contributed by atoms with Crippen molar-refractivity contribution >= 4 is 5.91 Å². The molecule has 1 fully saturated rings. The second-order valence-electron chi connectivity index (χ2n) is 6.36. The number of hydrogen-bond acceptors (Lipinski definition) is 2. The number of carbonyl (C=O) groups excluding carboxylic acids is 1. The van der Waals surface area contributed by atoms with Gasteiger partial charge in [-0.25, -0.2) is 0 Å². The number of hydrogen-bond donors (Lipinski definition) is 1. The molecule has 2 atom stereocenters. The van der Waals surface area contributed by atoms with E-state index in [9.17, 15) is 9.90 Å². The van der Waals surface area contributed by atoms with Gasteiger partial charge in [-0.3, -0.25) is 4.79 Å². The molecule has 16 heavy (non-hydrogen) atoms. The zero-order valence-electron chi connectivity index (χ0n) is 11.0. The van der Waals surface area contributed by atoms with Crippen LogP contribution in [0.3, 0.4) is 0 Å². The summed E-state index contributed by atoms with van der Waals surface area (Å²) in [4.78, 5) is 13.7. The van der Waals surface area contributed by atoms with Crippen molar-refractivity contribution in [2.45, 2.75) is 53.1 Å². The van der Waals surface area contributed by atoms with E-state index in [0.717, 1.165) is 19.4 Å². The van der Waals surface area contributed by atoms with Gasteiger partial charge in [0.2, 0.25) is 5.91 Å². The smallest absolute Gasteiger partial charge is 0.222 e. The Morgan fingerprint density at radius 3 is 2.56 bits per heavy atom. The van der Waals surface area contributed by atoms with Crippen LogP contribution in [-0.2, 0) is 4.79 Å². The molecule has 1 heterocycles. The number of aliphatic hydroxyl groups is 1. The van der Waals surface area contributed by atoms with Crippen molar-refractivity contribution in [3.8, 4) is 0 Å². The molecule has 94 valence electrons. The van der Waals surface area contributed by atoms with E-state index in [-0.39, 0.29) is 17.4 Å². The van der Waals surface area contributed by atoms with Crippen molar-refractivity contribution in [1.29, 1.82) is 0 Å². The summed E-state index contributed by atoms with van der Waals surface area (Å²) in [6, 6.07) is 0. The van der Waals surface area contributed by atoms with Crippen molar-refractivity contribution in [3.05, 3.63) is 0 Å². The highest BCUT2D eigenvalue weighted by molar-refractivity contribution is 5.76. The highest BCUT2D eigenvalue weighted by atomic mass is 16.3. The van der Waals surface area contributed by atoms with Gasteiger partial charge in [0.15, 0.2) is 0 Å². The standard InChI is InChI=1S/C13H25NO2/c1-10(8-13(2,3)4)7-12(16)14-6-5-11(15)9-14/h10-11,15H,5-9H2,1-4H3. The lowest BCUT2D eigenvalue weighted by atomic mass is 9.84. The molecule has 0 aliphatic carbocycles. The number of amides is 1. The molecule has 0 bridgehead atoms. The highest BCUT2D eigenvalue weighted by Gasteiger charge is 2.26. The number of β-amino-alcohol motifs (C(OH)–C–C–N with tert-alkyl or cyclic N) is 1. The number of nitrogens with zero attached hydrogens (tertiary/aromatic N) is 1. The van der Waals surface area contributed by atoms with Crippen LogP contribution >= 0.6 is 0 Å². The second kappa shape index (κ2) is 5.17. The molecule has 1 aliphatic rings. The lowest BCUT2D eigenvalue weighted by Gasteiger charge is -2.24. The Bertz CT molecular complexity index is 245. The van der Waals surface area contributed by atoms with Crippen molar-refractivity contribution in [2.75, 3.05) is 13.1 Å². The topological polar surface area (TPSA) is 40.5 Å². The fourth-order valence-electron chi connectivity index (χ4n) is 2.51. The number of rotatable bonds is 3. The molecule has 1 N–H and O–H groups in total. The third-order valence-electron chi connectivity index (χ3n) is 3.00. The Hall–Kier alpha value is -0.570. The quantitative estimate of drug-likeness (QED) is 0.801. The van der Waals surface area contributed by atoms with Gasteiger partial charge in [0.25, 0.3) is 0 Å². The van der Waals surface area contributed by atoms with Gasteiger partial charge in [-0.1, -0.05) is 27.7 Å². The predicted octanol–water partition coefficient (Wildman–Crippen LogP) is 2.04. The first kappa shape index (κ1) is 13.5. The first-order valence-electron chi connectivity index (χ1n) is 6.24. The van der Waals surface area contributed by atoms with Gasteiger partial charge >= 0.3 is 0 Å². The van der Waals surface area contributed by atoms with Crippen molar-refractivity contribution in [2.24, 2.45) is 11.3 Å². The maximum Gasteiger partial charge on any atom is 0.222 e. The molecule has 0 spiro atoms. The molecule has 2 unspecified atom stereocenters. The summed E-state index contributed by atoms with van der Waals surface area (Å²) in [6.07, 6.45) is 2.11. The maximum absolute atomic E-state index is 11.9. The fraction of sp³-hybridized carbons (Fsp3) is 0.923. The van der Waals surface area contributed by atoms with E-state index in [4.69, 9.17) is 0 Å². The minimum atomic E-state index is -0.304. The summed E-state index contributed by atoms with van der Waals surface area (Å²) in [7, 11) is 0.